The van der Waals surface area contributed by atoms with Crippen LogP contribution in [0.1, 0.15) is 46.0 Å². The third-order valence-corrected chi connectivity index (χ3v) is 6.26. The fraction of sp³-hybridized carbons (Fsp3) is 0.938. The van der Waals surface area contributed by atoms with Crippen LogP contribution in [0.4, 0.5) is 0 Å². The van der Waals surface area contributed by atoms with E-state index < -0.39 is 0 Å². The van der Waals surface area contributed by atoms with Crippen LogP contribution in [0.5, 0.6) is 0 Å². The van der Waals surface area contributed by atoms with Gasteiger partial charge in [-0.1, -0.05) is 0 Å². The van der Waals surface area contributed by atoms with Crippen molar-refractivity contribution in [3.63, 3.8) is 0 Å². The van der Waals surface area contributed by atoms with Gasteiger partial charge in [0.25, 0.3) is 0 Å². The van der Waals surface area contributed by atoms with E-state index in [9.17, 15) is 0 Å². The number of guanidine groups is 1. The van der Waals surface area contributed by atoms with Crippen molar-refractivity contribution >= 4 is 41.7 Å². The van der Waals surface area contributed by atoms with Crippen LogP contribution >= 0.6 is 35.7 Å². The van der Waals surface area contributed by atoms with Crippen molar-refractivity contribution < 1.29 is 4.74 Å². The van der Waals surface area contributed by atoms with E-state index in [1.807, 2.05) is 7.05 Å². The van der Waals surface area contributed by atoms with Crippen LogP contribution in [0.3, 0.4) is 0 Å². The normalized spacial score (nSPS) is 26.4. The first-order valence-electron chi connectivity index (χ1n) is 8.28. The Bertz CT molecular complexity index is 355. The Labute approximate surface area is 157 Å². The summed E-state index contributed by atoms with van der Waals surface area (Å²) >= 11 is 2.08. The van der Waals surface area contributed by atoms with Crippen molar-refractivity contribution in [3.8, 4) is 0 Å². The summed E-state index contributed by atoms with van der Waals surface area (Å²) in [6.45, 7) is 8.15. The van der Waals surface area contributed by atoms with E-state index in [-0.39, 0.29) is 24.0 Å². The highest BCUT2D eigenvalue weighted by Crippen LogP contribution is 2.48. The summed E-state index contributed by atoms with van der Waals surface area (Å²) in [7, 11) is 1.86. The number of halogens is 1. The minimum absolute atomic E-state index is 0. The predicted molar refractivity (Wildman–Crippen MR) is 108 cm³/mol. The number of ether oxygens (including phenoxy) is 1. The summed E-state index contributed by atoms with van der Waals surface area (Å²) < 4.78 is 5.87. The summed E-state index contributed by atoms with van der Waals surface area (Å²) in [4.78, 5) is 4.36. The quantitative estimate of drug-likeness (QED) is 0.263. The molecule has 0 radical (unpaired) electrons. The van der Waals surface area contributed by atoms with Crippen LogP contribution in [0, 0.1) is 5.41 Å². The Morgan fingerprint density at radius 2 is 1.95 bits per heavy atom. The molecule has 0 spiro atoms. The van der Waals surface area contributed by atoms with Crippen LogP contribution in [0.15, 0.2) is 4.99 Å². The molecule has 0 bridgehead atoms. The first kappa shape index (κ1) is 20.4. The maximum absolute atomic E-state index is 5.49. The Morgan fingerprint density at radius 3 is 2.50 bits per heavy atom. The number of aliphatic imine (C=N–C) groups is 1. The van der Waals surface area contributed by atoms with Crippen molar-refractivity contribution in [2.75, 3.05) is 39.1 Å². The van der Waals surface area contributed by atoms with Gasteiger partial charge in [-0.3, -0.25) is 4.99 Å². The van der Waals surface area contributed by atoms with Gasteiger partial charge >= 0.3 is 0 Å². The van der Waals surface area contributed by atoms with Crippen molar-refractivity contribution in [3.05, 3.63) is 0 Å². The van der Waals surface area contributed by atoms with Crippen LogP contribution in [0.25, 0.3) is 0 Å². The Balaban J connectivity index is 0.00000242. The standard InChI is InChI=1S/C16H31N3OS.HI/c1-4-20-10-9-16(7-8-16)13-19-14(17-3)18-12-15(2)6-5-11-21-15;/h4-13H2,1-3H3,(H2,17,18,19);1H. The van der Waals surface area contributed by atoms with Crippen LogP contribution in [-0.2, 0) is 4.74 Å². The molecular weight excluding hydrogens is 409 g/mol. The van der Waals surface area contributed by atoms with E-state index >= 15 is 0 Å². The lowest BCUT2D eigenvalue weighted by molar-refractivity contribution is 0.128. The summed E-state index contributed by atoms with van der Waals surface area (Å²) in [6.07, 6.45) is 6.45. The summed E-state index contributed by atoms with van der Waals surface area (Å²) in [5.74, 6) is 2.25. The lowest BCUT2D eigenvalue weighted by Crippen LogP contribution is -2.45. The molecular formula is C16H32IN3OS. The van der Waals surface area contributed by atoms with E-state index in [0.29, 0.717) is 10.2 Å². The highest BCUT2D eigenvalue weighted by Gasteiger charge is 2.42. The molecule has 1 saturated heterocycles. The monoisotopic (exact) mass is 441 g/mol. The smallest absolute Gasteiger partial charge is 0.191 e. The van der Waals surface area contributed by atoms with Gasteiger partial charge in [-0.15, -0.1) is 24.0 Å². The van der Waals surface area contributed by atoms with Gasteiger partial charge < -0.3 is 15.4 Å². The molecule has 0 aromatic heterocycles. The minimum atomic E-state index is 0. The van der Waals surface area contributed by atoms with Gasteiger partial charge in [-0.05, 0) is 57.1 Å². The molecule has 1 heterocycles. The number of rotatable bonds is 8. The largest absolute Gasteiger partial charge is 0.382 e. The van der Waals surface area contributed by atoms with Gasteiger partial charge in [-0.25, -0.2) is 0 Å². The van der Waals surface area contributed by atoms with Gasteiger partial charge in [0.2, 0.25) is 0 Å². The second kappa shape index (κ2) is 9.57. The molecule has 22 heavy (non-hydrogen) atoms. The van der Waals surface area contributed by atoms with Gasteiger partial charge in [0.1, 0.15) is 0 Å². The van der Waals surface area contributed by atoms with E-state index in [2.05, 4.69) is 41.2 Å². The summed E-state index contributed by atoms with van der Waals surface area (Å²) in [5, 5.41) is 7.02. The third-order valence-electron chi connectivity index (χ3n) is 4.72. The highest BCUT2D eigenvalue weighted by molar-refractivity contribution is 14.0. The fourth-order valence-electron chi connectivity index (χ4n) is 2.86. The second-order valence-corrected chi connectivity index (χ2v) is 8.31. The molecule has 6 heteroatoms. The number of nitrogens with zero attached hydrogens (tertiary/aromatic N) is 1. The van der Waals surface area contributed by atoms with Gasteiger partial charge in [0, 0.05) is 38.1 Å². The molecule has 0 aromatic carbocycles. The van der Waals surface area contributed by atoms with Crippen molar-refractivity contribution in [1.29, 1.82) is 0 Å². The number of thioether (sulfide) groups is 1. The van der Waals surface area contributed by atoms with E-state index in [4.69, 9.17) is 4.74 Å². The molecule has 1 unspecified atom stereocenters. The molecule has 2 N–H and O–H groups in total. The molecule has 2 fully saturated rings. The first-order chi connectivity index (χ1) is 10.1. The van der Waals surface area contributed by atoms with Gasteiger partial charge in [0.15, 0.2) is 5.96 Å². The highest BCUT2D eigenvalue weighted by atomic mass is 127. The summed E-state index contributed by atoms with van der Waals surface area (Å²) in [6, 6.07) is 0. The zero-order valence-electron chi connectivity index (χ0n) is 14.2. The average Bonchev–Trinajstić information content (AvgIpc) is 3.12. The minimum Gasteiger partial charge on any atom is -0.382 e. The van der Waals surface area contributed by atoms with E-state index in [0.717, 1.165) is 32.3 Å². The topological polar surface area (TPSA) is 45.6 Å². The SMILES string of the molecule is CCOCCC1(CNC(=NC)NCC2(C)CCCS2)CC1.I. The zero-order valence-corrected chi connectivity index (χ0v) is 17.4. The molecule has 0 aromatic rings. The number of hydrogen-bond donors (Lipinski definition) is 2. The van der Waals surface area contributed by atoms with Crippen molar-refractivity contribution in [2.45, 2.75) is 50.7 Å². The van der Waals surface area contributed by atoms with Crippen LogP contribution < -0.4 is 10.6 Å². The van der Waals surface area contributed by atoms with E-state index in [1.165, 1.54) is 37.9 Å². The molecule has 1 atom stereocenters. The second-order valence-electron chi connectivity index (χ2n) is 6.63. The predicted octanol–water partition coefficient (Wildman–Crippen LogP) is 3.26. The third kappa shape index (κ3) is 6.43. The zero-order chi connectivity index (χ0) is 15.2. The van der Waals surface area contributed by atoms with Gasteiger partial charge in [0.05, 0.1) is 0 Å². The molecule has 2 rings (SSSR count). The van der Waals surface area contributed by atoms with E-state index in [1.54, 1.807) is 0 Å². The fourth-order valence-corrected chi connectivity index (χ4v) is 4.11. The van der Waals surface area contributed by atoms with Crippen LogP contribution in [0.2, 0.25) is 0 Å². The maximum atomic E-state index is 5.49. The number of hydrogen-bond acceptors (Lipinski definition) is 3. The van der Waals surface area contributed by atoms with Crippen LogP contribution in [-0.4, -0.2) is 49.8 Å². The molecule has 130 valence electrons. The molecule has 1 aliphatic carbocycles. The molecule has 2 aliphatic rings. The Hall–Kier alpha value is 0.310. The summed E-state index contributed by atoms with van der Waals surface area (Å²) in [5.41, 5.74) is 0.457. The first-order valence-corrected chi connectivity index (χ1v) is 9.26. The van der Waals surface area contributed by atoms with Crippen molar-refractivity contribution in [1.82, 2.24) is 10.6 Å². The van der Waals surface area contributed by atoms with Crippen molar-refractivity contribution in [2.24, 2.45) is 10.4 Å². The molecule has 1 saturated carbocycles. The lowest BCUT2D eigenvalue weighted by Gasteiger charge is -2.25. The Kier molecular flexibility index (Phi) is 8.85. The molecule has 1 aliphatic heterocycles. The number of nitrogens with one attached hydrogen (secondary N) is 2. The average molecular weight is 441 g/mol. The molecule has 0 amide bonds. The molecule has 4 nitrogen and oxygen atoms in total. The Morgan fingerprint density at radius 1 is 1.23 bits per heavy atom. The lowest BCUT2D eigenvalue weighted by atomic mass is 10.0. The maximum Gasteiger partial charge on any atom is 0.191 e. The van der Waals surface area contributed by atoms with Gasteiger partial charge in [-0.2, -0.15) is 11.8 Å².